The second-order valence-electron chi connectivity index (χ2n) is 6.36. The molecule has 2 aromatic rings. The topological polar surface area (TPSA) is 41.1 Å². The first-order valence-electron chi connectivity index (χ1n) is 8.70. The third-order valence-corrected chi connectivity index (χ3v) is 4.18. The number of carbonyl (C=O) groups is 1. The lowest BCUT2D eigenvalue weighted by Crippen LogP contribution is -2.29. The Kier molecular flexibility index (Phi) is 6.82. The maximum Gasteiger partial charge on any atom is 0.416 e. The molecule has 2 rings (SSSR count). The first kappa shape index (κ1) is 20.7. The molecule has 0 fully saturated rings. The fourth-order valence-electron chi connectivity index (χ4n) is 2.61. The van der Waals surface area contributed by atoms with Crippen molar-refractivity contribution < 1.29 is 22.4 Å². The molecule has 0 unspecified atom stereocenters. The third kappa shape index (κ3) is 5.98. The van der Waals surface area contributed by atoms with Crippen LogP contribution in [0.25, 0.3) is 0 Å². The van der Waals surface area contributed by atoms with Crippen LogP contribution in [0.4, 0.5) is 28.0 Å². The zero-order valence-electron chi connectivity index (χ0n) is 15.2. The van der Waals surface area contributed by atoms with E-state index in [1.54, 1.807) is 6.07 Å². The van der Waals surface area contributed by atoms with Crippen LogP contribution in [0.5, 0.6) is 0 Å². The quantitative estimate of drug-likeness (QED) is 0.608. The van der Waals surface area contributed by atoms with Gasteiger partial charge in [-0.15, -0.1) is 0 Å². The maximum atomic E-state index is 13.8. The number of aryl methyl sites for hydroxylation is 2. The van der Waals surface area contributed by atoms with Crippen LogP contribution in [0.15, 0.2) is 36.4 Å². The standard InChI is InChI=1S/C20H22F4N2O/c1-3-4-5-14-6-9-18(13(2)10-14)26-19(27)25-12-15-7-8-16(11-17(15)21)20(22,23)24/h6-11H,3-5,12H2,1-2H3,(H2,25,26,27). The Morgan fingerprint density at radius 2 is 1.85 bits per heavy atom. The molecular weight excluding hydrogens is 360 g/mol. The van der Waals surface area contributed by atoms with Crippen molar-refractivity contribution in [1.82, 2.24) is 5.32 Å². The molecule has 2 aromatic carbocycles. The van der Waals surface area contributed by atoms with E-state index in [9.17, 15) is 22.4 Å². The average Bonchev–Trinajstić information content (AvgIpc) is 2.60. The van der Waals surface area contributed by atoms with Crippen molar-refractivity contribution in [2.75, 3.05) is 5.32 Å². The molecule has 0 saturated heterocycles. The van der Waals surface area contributed by atoms with Crippen LogP contribution < -0.4 is 10.6 Å². The van der Waals surface area contributed by atoms with Crippen molar-refractivity contribution in [2.24, 2.45) is 0 Å². The summed E-state index contributed by atoms with van der Waals surface area (Å²) >= 11 is 0. The summed E-state index contributed by atoms with van der Waals surface area (Å²) in [5.74, 6) is -1.01. The van der Waals surface area contributed by atoms with Crippen LogP contribution in [0.2, 0.25) is 0 Å². The van der Waals surface area contributed by atoms with Gasteiger partial charge >= 0.3 is 12.2 Å². The number of hydrogen-bond acceptors (Lipinski definition) is 1. The number of nitrogens with one attached hydrogen (secondary N) is 2. The SMILES string of the molecule is CCCCc1ccc(NC(=O)NCc2ccc(C(F)(F)F)cc2F)c(C)c1. The predicted molar refractivity (Wildman–Crippen MR) is 97.1 cm³/mol. The van der Waals surface area contributed by atoms with Gasteiger partial charge in [0.1, 0.15) is 5.82 Å². The first-order valence-corrected chi connectivity index (χ1v) is 8.70. The molecule has 27 heavy (non-hydrogen) atoms. The molecule has 0 aliphatic heterocycles. The lowest BCUT2D eigenvalue weighted by Gasteiger charge is -2.12. The summed E-state index contributed by atoms with van der Waals surface area (Å²) in [4.78, 5) is 12.0. The number of amides is 2. The Balaban J connectivity index is 1.95. The molecule has 0 radical (unpaired) electrons. The van der Waals surface area contributed by atoms with E-state index in [2.05, 4.69) is 17.6 Å². The van der Waals surface area contributed by atoms with Crippen molar-refractivity contribution >= 4 is 11.7 Å². The van der Waals surface area contributed by atoms with Crippen molar-refractivity contribution in [3.05, 3.63) is 64.5 Å². The number of anilines is 1. The zero-order valence-corrected chi connectivity index (χ0v) is 15.2. The van der Waals surface area contributed by atoms with Crippen LogP contribution >= 0.6 is 0 Å². The average molecular weight is 382 g/mol. The van der Waals surface area contributed by atoms with E-state index in [1.165, 1.54) is 5.56 Å². The van der Waals surface area contributed by atoms with Gasteiger partial charge in [0.05, 0.1) is 5.56 Å². The minimum atomic E-state index is -4.61. The van der Waals surface area contributed by atoms with Crippen molar-refractivity contribution in [2.45, 2.75) is 45.8 Å². The Labute approximate surface area is 155 Å². The van der Waals surface area contributed by atoms with Gasteiger partial charge in [0.15, 0.2) is 0 Å². The number of benzene rings is 2. The second kappa shape index (κ2) is 8.88. The molecule has 0 heterocycles. The number of unbranched alkanes of at least 4 members (excludes halogenated alkanes) is 1. The van der Waals surface area contributed by atoms with Crippen LogP contribution in [-0.4, -0.2) is 6.03 Å². The number of rotatable bonds is 6. The van der Waals surface area contributed by atoms with Gasteiger partial charge in [0.2, 0.25) is 0 Å². The number of urea groups is 1. The van der Waals surface area contributed by atoms with E-state index in [-0.39, 0.29) is 12.1 Å². The Hall–Kier alpha value is -2.57. The highest BCUT2D eigenvalue weighted by Crippen LogP contribution is 2.30. The maximum absolute atomic E-state index is 13.8. The molecule has 0 spiro atoms. The number of hydrogen-bond donors (Lipinski definition) is 2. The van der Waals surface area contributed by atoms with Gasteiger partial charge in [0, 0.05) is 17.8 Å². The number of carbonyl (C=O) groups excluding carboxylic acids is 1. The molecule has 3 nitrogen and oxygen atoms in total. The fourth-order valence-corrected chi connectivity index (χ4v) is 2.61. The molecule has 0 atom stereocenters. The summed E-state index contributed by atoms with van der Waals surface area (Å²) in [6, 6.07) is 7.42. The lowest BCUT2D eigenvalue weighted by molar-refractivity contribution is -0.137. The van der Waals surface area contributed by atoms with Gasteiger partial charge < -0.3 is 10.6 Å². The van der Waals surface area contributed by atoms with E-state index < -0.39 is 23.6 Å². The van der Waals surface area contributed by atoms with E-state index >= 15 is 0 Å². The largest absolute Gasteiger partial charge is 0.416 e. The minimum absolute atomic E-state index is 0.0233. The summed E-state index contributed by atoms with van der Waals surface area (Å²) in [6.07, 6.45) is -1.45. The molecule has 0 aliphatic rings. The molecule has 2 N–H and O–H groups in total. The van der Waals surface area contributed by atoms with Gasteiger partial charge in [-0.25, -0.2) is 9.18 Å². The molecule has 0 bridgehead atoms. The van der Waals surface area contributed by atoms with E-state index in [0.29, 0.717) is 11.8 Å². The number of halogens is 4. The molecule has 146 valence electrons. The van der Waals surface area contributed by atoms with Crippen LogP contribution in [0.3, 0.4) is 0 Å². The molecule has 0 saturated carbocycles. The monoisotopic (exact) mass is 382 g/mol. The van der Waals surface area contributed by atoms with Gasteiger partial charge in [-0.2, -0.15) is 13.2 Å². The van der Waals surface area contributed by atoms with Gasteiger partial charge in [0.25, 0.3) is 0 Å². The third-order valence-electron chi connectivity index (χ3n) is 4.18. The summed E-state index contributed by atoms with van der Waals surface area (Å²) < 4.78 is 51.4. The Bertz CT molecular complexity index is 803. The highest BCUT2D eigenvalue weighted by Gasteiger charge is 2.31. The van der Waals surface area contributed by atoms with Crippen molar-refractivity contribution in [3.63, 3.8) is 0 Å². The Morgan fingerprint density at radius 1 is 1.11 bits per heavy atom. The van der Waals surface area contributed by atoms with Crippen LogP contribution in [0, 0.1) is 12.7 Å². The smallest absolute Gasteiger partial charge is 0.334 e. The van der Waals surface area contributed by atoms with Gasteiger partial charge in [-0.05, 0) is 49.1 Å². The first-order chi connectivity index (χ1) is 12.7. The summed E-state index contributed by atoms with van der Waals surface area (Å²) in [5, 5.41) is 5.12. The van der Waals surface area contributed by atoms with Crippen LogP contribution in [-0.2, 0) is 19.1 Å². The molecule has 0 aliphatic carbocycles. The van der Waals surface area contributed by atoms with Crippen LogP contribution in [0.1, 0.15) is 42.0 Å². The molecule has 2 amide bonds. The minimum Gasteiger partial charge on any atom is -0.334 e. The van der Waals surface area contributed by atoms with Gasteiger partial charge in [-0.1, -0.05) is 31.5 Å². The van der Waals surface area contributed by atoms with Crippen molar-refractivity contribution in [3.8, 4) is 0 Å². The van der Waals surface area contributed by atoms with E-state index in [1.807, 2.05) is 19.1 Å². The molecular formula is C20H22F4N2O. The highest BCUT2D eigenvalue weighted by atomic mass is 19.4. The molecule has 7 heteroatoms. The zero-order chi connectivity index (χ0) is 20.0. The second-order valence-corrected chi connectivity index (χ2v) is 6.36. The van der Waals surface area contributed by atoms with Crippen molar-refractivity contribution in [1.29, 1.82) is 0 Å². The van der Waals surface area contributed by atoms with E-state index in [4.69, 9.17) is 0 Å². The number of alkyl halides is 3. The predicted octanol–water partition coefficient (Wildman–Crippen LogP) is 5.82. The molecule has 0 aromatic heterocycles. The lowest BCUT2D eigenvalue weighted by atomic mass is 10.0. The summed E-state index contributed by atoms with van der Waals surface area (Å²) in [7, 11) is 0. The van der Waals surface area contributed by atoms with E-state index in [0.717, 1.165) is 37.0 Å². The highest BCUT2D eigenvalue weighted by molar-refractivity contribution is 5.90. The fraction of sp³-hybridized carbons (Fsp3) is 0.350. The Morgan fingerprint density at radius 3 is 2.44 bits per heavy atom. The van der Waals surface area contributed by atoms with Gasteiger partial charge in [-0.3, -0.25) is 0 Å². The summed E-state index contributed by atoms with van der Waals surface area (Å²) in [5.41, 5.74) is 1.63. The normalized spacial score (nSPS) is 11.3. The summed E-state index contributed by atoms with van der Waals surface area (Å²) in [6.45, 7) is 3.77.